The molecule has 0 amide bonds. The lowest BCUT2D eigenvalue weighted by Gasteiger charge is -2.00. The van der Waals surface area contributed by atoms with Gasteiger partial charge in [0, 0.05) is 28.2 Å². The number of rotatable bonds is 2. The number of hydrogen-bond acceptors (Lipinski definition) is 3. The molecular weight excluding hydrogens is 294 g/mol. The number of aromatic amines is 1. The summed E-state index contributed by atoms with van der Waals surface area (Å²) in [6.45, 7) is 0. The van der Waals surface area contributed by atoms with E-state index < -0.39 is 0 Å². The van der Waals surface area contributed by atoms with Crippen LogP contribution in [0.15, 0.2) is 41.1 Å². The minimum Gasteiger partial charge on any atom is -0.360 e. The Morgan fingerprint density at radius 2 is 2.06 bits per heavy atom. The first kappa shape index (κ1) is 11.1. The molecule has 0 saturated heterocycles. The Hall–Kier alpha value is -2.01. The van der Waals surface area contributed by atoms with Crippen LogP contribution in [0, 0.1) is 0 Å². The van der Waals surface area contributed by atoms with Crippen LogP contribution in [0.2, 0.25) is 0 Å². The Balaban J connectivity index is 2.17. The summed E-state index contributed by atoms with van der Waals surface area (Å²) in [5, 5.41) is 8.95. The molecule has 0 atom stereocenters. The number of carbonyl (C=O) groups excluding carboxylic acids is 1. The van der Waals surface area contributed by atoms with Crippen molar-refractivity contribution in [3.8, 4) is 11.3 Å². The predicted molar refractivity (Wildman–Crippen MR) is 72.4 cm³/mol. The summed E-state index contributed by atoms with van der Waals surface area (Å²) >= 11 is 3.25. The van der Waals surface area contributed by atoms with E-state index >= 15 is 0 Å². The summed E-state index contributed by atoms with van der Waals surface area (Å²) in [6.07, 6.45) is 2.55. The number of nitrogens with zero attached hydrogens (tertiary/aromatic N) is 2. The predicted octanol–water partition coefficient (Wildman–Crippen LogP) is 3.20. The van der Waals surface area contributed by atoms with Crippen LogP contribution in [0.1, 0.15) is 10.4 Å². The van der Waals surface area contributed by atoms with Gasteiger partial charge in [0.1, 0.15) is 4.60 Å². The third kappa shape index (κ3) is 1.82. The highest BCUT2D eigenvalue weighted by atomic mass is 79.9. The Bertz CT molecular complexity index is 719. The molecule has 4 nitrogen and oxygen atoms in total. The molecule has 18 heavy (non-hydrogen) atoms. The van der Waals surface area contributed by atoms with E-state index in [0.29, 0.717) is 10.2 Å². The molecule has 0 aliphatic heterocycles. The molecule has 1 N–H and O–H groups in total. The van der Waals surface area contributed by atoms with Gasteiger partial charge in [-0.25, -0.2) is 0 Å². The van der Waals surface area contributed by atoms with Crippen molar-refractivity contribution in [1.82, 2.24) is 15.2 Å². The molecule has 1 aromatic carbocycles. The Morgan fingerprint density at radius 1 is 1.17 bits per heavy atom. The second kappa shape index (κ2) is 4.34. The first-order chi connectivity index (χ1) is 8.78. The number of fused-ring (bicyclic) bond motifs is 1. The van der Waals surface area contributed by atoms with Crippen LogP contribution in [0.5, 0.6) is 0 Å². The highest BCUT2D eigenvalue weighted by Gasteiger charge is 2.06. The largest absolute Gasteiger partial charge is 0.360 e. The van der Waals surface area contributed by atoms with Crippen molar-refractivity contribution in [2.45, 2.75) is 0 Å². The van der Waals surface area contributed by atoms with Crippen molar-refractivity contribution >= 4 is 33.1 Å². The summed E-state index contributed by atoms with van der Waals surface area (Å²) < 4.78 is 0.697. The minimum absolute atomic E-state index is 0.650. The fourth-order valence-electron chi connectivity index (χ4n) is 1.87. The maximum absolute atomic E-state index is 10.9. The molecule has 0 radical (unpaired) electrons. The highest BCUT2D eigenvalue weighted by Crippen LogP contribution is 2.24. The van der Waals surface area contributed by atoms with Gasteiger partial charge in [-0.15, -0.1) is 10.2 Å². The van der Waals surface area contributed by atoms with Crippen molar-refractivity contribution < 1.29 is 4.79 Å². The zero-order valence-corrected chi connectivity index (χ0v) is 10.8. The number of aromatic nitrogens is 3. The second-order valence-electron chi connectivity index (χ2n) is 3.86. The average molecular weight is 302 g/mol. The topological polar surface area (TPSA) is 58.6 Å². The molecule has 3 rings (SSSR count). The summed E-state index contributed by atoms with van der Waals surface area (Å²) in [6, 6.07) is 9.54. The zero-order chi connectivity index (χ0) is 12.5. The molecule has 88 valence electrons. The number of hydrogen-bond donors (Lipinski definition) is 1. The van der Waals surface area contributed by atoms with Gasteiger partial charge in [-0.3, -0.25) is 4.79 Å². The Kier molecular flexibility index (Phi) is 2.68. The van der Waals surface area contributed by atoms with E-state index in [1.54, 1.807) is 6.20 Å². The van der Waals surface area contributed by atoms with Gasteiger partial charge in [-0.1, -0.05) is 6.07 Å². The fraction of sp³-hybridized carbons (Fsp3) is 0. The molecule has 0 spiro atoms. The minimum atomic E-state index is 0.650. The first-order valence-corrected chi connectivity index (χ1v) is 6.13. The van der Waals surface area contributed by atoms with Crippen molar-refractivity contribution in [3.63, 3.8) is 0 Å². The molecule has 0 aliphatic carbocycles. The van der Waals surface area contributed by atoms with Gasteiger partial charge in [-0.2, -0.15) is 0 Å². The molecule has 0 unspecified atom stereocenters. The quantitative estimate of drug-likeness (QED) is 0.740. The van der Waals surface area contributed by atoms with Crippen molar-refractivity contribution in [1.29, 1.82) is 0 Å². The standard InChI is InChI=1S/C13H8BrN3O/c14-13-4-3-11(16-17-13)8-1-2-12-10(5-8)9(7-18)6-15-12/h1-7,15H. The van der Waals surface area contributed by atoms with E-state index in [9.17, 15) is 4.79 Å². The van der Waals surface area contributed by atoms with Crippen LogP contribution in [0.25, 0.3) is 22.2 Å². The molecule has 0 saturated carbocycles. The van der Waals surface area contributed by atoms with Crippen LogP contribution in [0.4, 0.5) is 0 Å². The number of halogens is 1. The zero-order valence-electron chi connectivity index (χ0n) is 9.22. The van der Waals surface area contributed by atoms with E-state index in [-0.39, 0.29) is 0 Å². The van der Waals surface area contributed by atoms with Gasteiger partial charge in [0.2, 0.25) is 0 Å². The normalized spacial score (nSPS) is 10.7. The van der Waals surface area contributed by atoms with Crippen molar-refractivity contribution in [2.24, 2.45) is 0 Å². The highest BCUT2D eigenvalue weighted by molar-refractivity contribution is 9.10. The number of nitrogens with one attached hydrogen (secondary N) is 1. The van der Waals surface area contributed by atoms with E-state index in [1.165, 1.54) is 0 Å². The van der Waals surface area contributed by atoms with Gasteiger partial charge in [0.15, 0.2) is 6.29 Å². The van der Waals surface area contributed by atoms with Gasteiger partial charge in [-0.05, 0) is 40.2 Å². The maximum Gasteiger partial charge on any atom is 0.152 e. The summed E-state index contributed by atoms with van der Waals surface area (Å²) in [7, 11) is 0. The van der Waals surface area contributed by atoms with Crippen molar-refractivity contribution in [3.05, 3.63) is 46.7 Å². The Morgan fingerprint density at radius 3 is 2.78 bits per heavy atom. The van der Waals surface area contributed by atoms with E-state index in [4.69, 9.17) is 0 Å². The number of carbonyl (C=O) groups is 1. The van der Waals surface area contributed by atoms with Gasteiger partial charge < -0.3 is 4.98 Å². The summed E-state index contributed by atoms with van der Waals surface area (Å²) in [5.41, 5.74) is 3.30. The van der Waals surface area contributed by atoms with Crippen LogP contribution >= 0.6 is 15.9 Å². The molecule has 3 aromatic rings. The van der Waals surface area contributed by atoms with Crippen LogP contribution in [-0.4, -0.2) is 21.5 Å². The smallest absolute Gasteiger partial charge is 0.152 e. The lowest BCUT2D eigenvalue weighted by molar-refractivity contribution is 0.112. The van der Waals surface area contributed by atoms with Crippen LogP contribution in [-0.2, 0) is 0 Å². The van der Waals surface area contributed by atoms with Crippen LogP contribution < -0.4 is 0 Å². The Labute approximate surface area is 111 Å². The van der Waals surface area contributed by atoms with E-state index in [0.717, 1.165) is 28.4 Å². The van der Waals surface area contributed by atoms with Crippen LogP contribution in [0.3, 0.4) is 0 Å². The first-order valence-electron chi connectivity index (χ1n) is 5.34. The third-order valence-corrected chi connectivity index (χ3v) is 3.19. The average Bonchev–Trinajstić information content (AvgIpc) is 2.81. The van der Waals surface area contributed by atoms with Gasteiger partial charge >= 0.3 is 0 Å². The fourth-order valence-corrected chi connectivity index (χ4v) is 2.08. The lowest BCUT2D eigenvalue weighted by Crippen LogP contribution is -1.87. The van der Waals surface area contributed by atoms with Crippen molar-refractivity contribution in [2.75, 3.05) is 0 Å². The SMILES string of the molecule is O=Cc1c[nH]c2ccc(-c3ccc(Br)nn3)cc12. The van der Waals surface area contributed by atoms with Gasteiger partial charge in [0.25, 0.3) is 0 Å². The number of H-pyrrole nitrogens is 1. The molecule has 0 bridgehead atoms. The molecule has 5 heteroatoms. The molecule has 0 aliphatic rings. The van der Waals surface area contributed by atoms with Gasteiger partial charge in [0.05, 0.1) is 5.69 Å². The third-order valence-electron chi connectivity index (χ3n) is 2.77. The van der Waals surface area contributed by atoms with E-state index in [2.05, 4.69) is 31.1 Å². The molecular formula is C13H8BrN3O. The summed E-state index contributed by atoms with van der Waals surface area (Å²) in [5.74, 6) is 0. The number of benzene rings is 1. The molecule has 0 fully saturated rings. The van der Waals surface area contributed by atoms with E-state index in [1.807, 2.05) is 30.3 Å². The summed E-state index contributed by atoms with van der Waals surface area (Å²) in [4.78, 5) is 14.0. The number of aldehydes is 1. The lowest BCUT2D eigenvalue weighted by atomic mass is 10.1. The molecule has 2 aromatic heterocycles. The maximum atomic E-state index is 10.9. The second-order valence-corrected chi connectivity index (χ2v) is 4.68. The monoisotopic (exact) mass is 301 g/mol. The molecule has 2 heterocycles.